The number of aliphatic hydroxyl groups is 1. The highest BCUT2D eigenvalue weighted by molar-refractivity contribution is 5.88. The molecule has 1 atom stereocenters. The van der Waals surface area contributed by atoms with Crippen molar-refractivity contribution in [2.45, 2.75) is 44.1 Å². The molecule has 8 nitrogen and oxygen atoms in total. The summed E-state index contributed by atoms with van der Waals surface area (Å²) in [6.45, 7) is -0.477. The Bertz CT molecular complexity index is 1020. The van der Waals surface area contributed by atoms with Gasteiger partial charge in [0.25, 0.3) is 0 Å². The number of benzene rings is 2. The number of carboxylic acid groups (broad SMARTS) is 1. The van der Waals surface area contributed by atoms with Gasteiger partial charge in [-0.1, -0.05) is 67.8 Å². The van der Waals surface area contributed by atoms with Gasteiger partial charge in [0, 0.05) is 12.5 Å². The maximum atomic E-state index is 13.0. The molecular formula is C26H30N2O6. The molecule has 4 N–H and O–H groups in total. The van der Waals surface area contributed by atoms with Gasteiger partial charge in [0.2, 0.25) is 5.91 Å². The minimum atomic E-state index is -1.37. The fourth-order valence-electron chi connectivity index (χ4n) is 5.10. The standard InChI is InChI=1S/C26H30N2O6/c29-14-22(23(30)31)28-24(32)26(12-6-1-7-13-26)16-27-25(33)34-15-21-19-10-4-2-8-17(19)18-9-3-5-11-20(18)21/h2-5,8-11,21-22,29H,1,6-7,12-16H2,(H,27,33)(H,28,32)(H,30,31). The van der Waals surface area contributed by atoms with Gasteiger partial charge in [0.15, 0.2) is 0 Å². The fourth-order valence-corrected chi connectivity index (χ4v) is 5.10. The molecule has 1 saturated carbocycles. The van der Waals surface area contributed by atoms with Gasteiger partial charge in [-0.05, 0) is 35.1 Å². The number of amides is 2. The lowest BCUT2D eigenvalue weighted by atomic mass is 9.73. The van der Waals surface area contributed by atoms with Crippen LogP contribution in [0.4, 0.5) is 4.79 Å². The molecule has 2 aromatic rings. The van der Waals surface area contributed by atoms with E-state index in [0.717, 1.165) is 41.5 Å². The first-order valence-corrected chi connectivity index (χ1v) is 11.7. The number of carbonyl (C=O) groups excluding carboxylic acids is 2. The van der Waals surface area contributed by atoms with Crippen LogP contribution in [0.1, 0.15) is 49.1 Å². The van der Waals surface area contributed by atoms with E-state index in [1.165, 1.54) is 0 Å². The van der Waals surface area contributed by atoms with Crippen LogP contribution in [-0.2, 0) is 14.3 Å². The highest BCUT2D eigenvalue weighted by Gasteiger charge is 2.41. The number of fused-ring (bicyclic) bond motifs is 3. The Hall–Kier alpha value is -3.39. The number of nitrogens with one attached hydrogen (secondary N) is 2. The first kappa shape index (κ1) is 23.8. The van der Waals surface area contributed by atoms with E-state index >= 15 is 0 Å². The zero-order chi connectivity index (χ0) is 24.1. The molecule has 0 spiro atoms. The lowest BCUT2D eigenvalue weighted by Gasteiger charge is -2.36. The van der Waals surface area contributed by atoms with Crippen LogP contribution in [0.3, 0.4) is 0 Å². The summed E-state index contributed by atoms with van der Waals surface area (Å²) in [5.41, 5.74) is 3.59. The molecule has 0 aromatic heterocycles. The summed E-state index contributed by atoms with van der Waals surface area (Å²) in [5, 5.41) is 23.6. The van der Waals surface area contributed by atoms with E-state index in [9.17, 15) is 24.6 Å². The normalized spacial score (nSPS) is 17.2. The second-order valence-electron chi connectivity index (χ2n) is 9.07. The number of hydrogen-bond donors (Lipinski definition) is 4. The SMILES string of the molecule is O=C(NCC1(C(=O)NC(CO)C(=O)O)CCCCC1)OCC1c2ccccc2-c2ccccc21. The predicted octanol–water partition coefficient (Wildman–Crippen LogP) is 3.04. The van der Waals surface area contributed by atoms with Gasteiger partial charge in [-0.15, -0.1) is 0 Å². The number of aliphatic carboxylic acids is 1. The molecule has 4 rings (SSSR count). The van der Waals surface area contributed by atoms with Crippen molar-refractivity contribution in [2.24, 2.45) is 5.41 Å². The largest absolute Gasteiger partial charge is 0.480 e. The summed E-state index contributed by atoms with van der Waals surface area (Å²) in [4.78, 5) is 36.8. The Morgan fingerprint density at radius 2 is 1.56 bits per heavy atom. The molecular weight excluding hydrogens is 436 g/mol. The minimum Gasteiger partial charge on any atom is -0.480 e. The van der Waals surface area contributed by atoms with Gasteiger partial charge in [-0.25, -0.2) is 9.59 Å². The molecule has 0 saturated heterocycles. The van der Waals surface area contributed by atoms with E-state index < -0.39 is 36.0 Å². The molecule has 2 amide bonds. The summed E-state index contributed by atoms with van der Waals surface area (Å²) in [5.74, 6) is -1.83. The third-order valence-electron chi connectivity index (χ3n) is 6.99. The van der Waals surface area contributed by atoms with Crippen LogP contribution in [0.2, 0.25) is 0 Å². The Morgan fingerprint density at radius 3 is 2.12 bits per heavy atom. The Balaban J connectivity index is 1.39. The smallest absolute Gasteiger partial charge is 0.407 e. The second-order valence-corrected chi connectivity index (χ2v) is 9.07. The first-order valence-electron chi connectivity index (χ1n) is 11.7. The Labute approximate surface area is 198 Å². The molecule has 0 heterocycles. The topological polar surface area (TPSA) is 125 Å². The van der Waals surface area contributed by atoms with E-state index in [1.54, 1.807) is 0 Å². The minimum absolute atomic E-state index is 0.0489. The van der Waals surface area contributed by atoms with Crippen molar-refractivity contribution >= 4 is 18.0 Å². The summed E-state index contributed by atoms with van der Waals surface area (Å²) in [7, 11) is 0. The number of ether oxygens (including phenoxy) is 1. The third kappa shape index (κ3) is 4.77. The average Bonchev–Trinajstić information content (AvgIpc) is 3.18. The van der Waals surface area contributed by atoms with E-state index in [-0.39, 0.29) is 19.1 Å². The molecule has 180 valence electrons. The highest BCUT2D eigenvalue weighted by Crippen LogP contribution is 2.44. The molecule has 2 aromatic carbocycles. The monoisotopic (exact) mass is 466 g/mol. The molecule has 1 fully saturated rings. The van der Waals surface area contributed by atoms with Crippen molar-refractivity contribution in [3.05, 3.63) is 59.7 Å². The second kappa shape index (κ2) is 10.3. The van der Waals surface area contributed by atoms with Crippen molar-refractivity contribution in [1.29, 1.82) is 0 Å². The van der Waals surface area contributed by atoms with Gasteiger partial charge in [-0.3, -0.25) is 4.79 Å². The number of rotatable bonds is 8. The van der Waals surface area contributed by atoms with Crippen molar-refractivity contribution in [1.82, 2.24) is 10.6 Å². The molecule has 0 aliphatic heterocycles. The summed E-state index contributed by atoms with van der Waals surface area (Å²) in [6, 6.07) is 14.8. The number of alkyl carbamates (subject to hydrolysis) is 1. The highest BCUT2D eigenvalue weighted by atomic mass is 16.5. The number of carboxylic acids is 1. The zero-order valence-electron chi connectivity index (χ0n) is 19.0. The number of hydrogen-bond acceptors (Lipinski definition) is 5. The molecule has 0 bridgehead atoms. The van der Waals surface area contributed by atoms with Gasteiger partial charge in [0.1, 0.15) is 12.6 Å². The van der Waals surface area contributed by atoms with Crippen LogP contribution in [0.15, 0.2) is 48.5 Å². The molecule has 34 heavy (non-hydrogen) atoms. The van der Waals surface area contributed by atoms with Crippen LogP contribution in [0, 0.1) is 5.41 Å². The molecule has 0 radical (unpaired) electrons. The van der Waals surface area contributed by atoms with Crippen molar-refractivity contribution in [2.75, 3.05) is 19.8 Å². The Kier molecular flexibility index (Phi) is 7.17. The lowest BCUT2D eigenvalue weighted by molar-refractivity contribution is -0.145. The van der Waals surface area contributed by atoms with E-state index in [0.29, 0.717) is 12.8 Å². The van der Waals surface area contributed by atoms with Crippen LogP contribution in [0.25, 0.3) is 11.1 Å². The summed E-state index contributed by atoms with van der Waals surface area (Å²) < 4.78 is 5.58. The van der Waals surface area contributed by atoms with Crippen LogP contribution >= 0.6 is 0 Å². The third-order valence-corrected chi connectivity index (χ3v) is 6.99. The quantitative estimate of drug-likeness (QED) is 0.474. The van der Waals surface area contributed by atoms with E-state index in [1.807, 2.05) is 36.4 Å². The molecule has 1 unspecified atom stereocenters. The van der Waals surface area contributed by atoms with Crippen LogP contribution in [-0.4, -0.2) is 54.0 Å². The van der Waals surface area contributed by atoms with E-state index in [2.05, 4.69) is 22.8 Å². The summed E-state index contributed by atoms with van der Waals surface area (Å²) >= 11 is 0. The van der Waals surface area contributed by atoms with Crippen molar-refractivity contribution in [3.8, 4) is 11.1 Å². The molecule has 8 heteroatoms. The number of aliphatic hydroxyl groups excluding tert-OH is 1. The molecule has 2 aliphatic rings. The van der Waals surface area contributed by atoms with Crippen molar-refractivity contribution < 1.29 is 29.3 Å². The Morgan fingerprint density at radius 1 is 0.971 bits per heavy atom. The molecule has 2 aliphatic carbocycles. The van der Waals surface area contributed by atoms with Gasteiger partial charge in [-0.2, -0.15) is 0 Å². The van der Waals surface area contributed by atoms with Crippen molar-refractivity contribution in [3.63, 3.8) is 0 Å². The first-order chi connectivity index (χ1) is 16.4. The maximum Gasteiger partial charge on any atom is 0.407 e. The van der Waals surface area contributed by atoms with Gasteiger partial charge < -0.3 is 25.6 Å². The maximum absolute atomic E-state index is 13.0. The number of carbonyl (C=O) groups is 3. The fraction of sp³-hybridized carbons (Fsp3) is 0.423. The zero-order valence-corrected chi connectivity index (χ0v) is 19.0. The van der Waals surface area contributed by atoms with Gasteiger partial charge >= 0.3 is 12.1 Å². The van der Waals surface area contributed by atoms with Gasteiger partial charge in [0.05, 0.1) is 12.0 Å². The summed E-state index contributed by atoms with van der Waals surface area (Å²) in [6.07, 6.45) is 3.02. The van der Waals surface area contributed by atoms with E-state index in [4.69, 9.17) is 4.74 Å². The van der Waals surface area contributed by atoms with Crippen LogP contribution < -0.4 is 10.6 Å². The van der Waals surface area contributed by atoms with Crippen LogP contribution in [0.5, 0.6) is 0 Å². The predicted molar refractivity (Wildman–Crippen MR) is 125 cm³/mol. The lowest BCUT2D eigenvalue weighted by Crippen LogP contribution is -2.54. The average molecular weight is 467 g/mol.